The van der Waals surface area contributed by atoms with Crippen LogP contribution in [0.3, 0.4) is 0 Å². The maximum Gasteiger partial charge on any atom is 0.276 e. The van der Waals surface area contributed by atoms with Crippen molar-refractivity contribution in [3.63, 3.8) is 0 Å². The van der Waals surface area contributed by atoms with E-state index in [0.717, 1.165) is 23.5 Å². The fraction of sp³-hybridized carbons (Fsp3) is 0.214. The number of phenols is 1. The largest absolute Gasteiger partial charge is 0.508 e. The second-order valence-electron chi connectivity index (χ2n) is 4.46. The molecule has 3 rings (SSSR count). The molecule has 102 valence electrons. The Morgan fingerprint density at radius 3 is 2.70 bits per heavy atom. The van der Waals surface area contributed by atoms with Crippen LogP contribution in [0, 0.1) is 6.92 Å². The highest BCUT2D eigenvalue weighted by atomic mass is 16.5. The number of aryl methyl sites for hydroxylation is 2. The van der Waals surface area contributed by atoms with E-state index in [4.69, 9.17) is 4.52 Å². The van der Waals surface area contributed by atoms with Crippen LogP contribution in [0.1, 0.15) is 12.6 Å². The quantitative estimate of drug-likeness (QED) is 0.791. The van der Waals surface area contributed by atoms with Crippen molar-refractivity contribution >= 4 is 0 Å². The molecule has 1 N–H and O–H groups in total. The molecule has 2 aromatic heterocycles. The lowest BCUT2D eigenvalue weighted by Crippen LogP contribution is -1.99. The maximum atomic E-state index is 9.28. The van der Waals surface area contributed by atoms with E-state index in [1.54, 1.807) is 24.3 Å². The summed E-state index contributed by atoms with van der Waals surface area (Å²) in [7, 11) is 0. The van der Waals surface area contributed by atoms with Crippen molar-refractivity contribution in [3.8, 4) is 28.7 Å². The van der Waals surface area contributed by atoms with Gasteiger partial charge in [-0.25, -0.2) is 0 Å². The highest BCUT2D eigenvalue weighted by Crippen LogP contribution is 2.24. The Morgan fingerprint density at radius 1 is 1.25 bits per heavy atom. The molecule has 0 radical (unpaired) electrons. The summed E-state index contributed by atoms with van der Waals surface area (Å²) in [4.78, 5) is 4.38. The molecule has 0 aliphatic carbocycles. The minimum atomic E-state index is 0.206. The van der Waals surface area contributed by atoms with Gasteiger partial charge >= 0.3 is 0 Å². The third-order valence-electron chi connectivity index (χ3n) is 2.97. The Bertz CT molecular complexity index is 728. The number of rotatable bonds is 3. The molecule has 0 amide bonds. The number of nitrogens with zero attached hydrogens (tertiary/aromatic N) is 4. The molecule has 0 saturated heterocycles. The summed E-state index contributed by atoms with van der Waals surface area (Å²) in [6.45, 7) is 4.67. The zero-order valence-electron chi connectivity index (χ0n) is 11.2. The van der Waals surface area contributed by atoms with Gasteiger partial charge < -0.3 is 9.63 Å². The van der Waals surface area contributed by atoms with Gasteiger partial charge in [0.15, 0.2) is 0 Å². The molecule has 0 fully saturated rings. The minimum Gasteiger partial charge on any atom is -0.508 e. The molecule has 0 unspecified atom stereocenters. The Morgan fingerprint density at radius 2 is 2.00 bits per heavy atom. The van der Waals surface area contributed by atoms with Crippen LogP contribution < -0.4 is 0 Å². The Balaban J connectivity index is 1.99. The number of aromatic hydroxyl groups is 1. The fourth-order valence-electron chi connectivity index (χ4n) is 2.01. The van der Waals surface area contributed by atoms with Crippen LogP contribution in [0.5, 0.6) is 5.75 Å². The lowest BCUT2D eigenvalue weighted by molar-refractivity contribution is 0.427. The van der Waals surface area contributed by atoms with Gasteiger partial charge in [0.05, 0.1) is 5.69 Å². The molecular weight excluding hydrogens is 256 g/mol. The van der Waals surface area contributed by atoms with Crippen molar-refractivity contribution in [3.05, 3.63) is 36.0 Å². The van der Waals surface area contributed by atoms with E-state index >= 15 is 0 Å². The standard InChI is InChI=1S/C14H14N4O2/c1-3-18-12(8-9(2)16-18)14-15-13(17-20-14)10-4-6-11(19)7-5-10/h4-8,19H,3H2,1-2H3. The summed E-state index contributed by atoms with van der Waals surface area (Å²) >= 11 is 0. The first-order valence-corrected chi connectivity index (χ1v) is 6.35. The van der Waals surface area contributed by atoms with Crippen LogP contribution in [0.2, 0.25) is 0 Å². The molecule has 6 nitrogen and oxygen atoms in total. The first kappa shape index (κ1) is 12.4. The van der Waals surface area contributed by atoms with Crippen molar-refractivity contribution < 1.29 is 9.63 Å². The number of aromatic nitrogens is 4. The molecule has 0 saturated carbocycles. The second kappa shape index (κ2) is 4.80. The predicted molar refractivity (Wildman–Crippen MR) is 73.0 cm³/mol. The summed E-state index contributed by atoms with van der Waals surface area (Å²) in [6, 6.07) is 8.58. The van der Waals surface area contributed by atoms with Crippen LogP contribution in [-0.2, 0) is 6.54 Å². The van der Waals surface area contributed by atoms with E-state index < -0.39 is 0 Å². The topological polar surface area (TPSA) is 77.0 Å². The zero-order valence-corrected chi connectivity index (χ0v) is 11.2. The predicted octanol–water partition coefficient (Wildman–Crippen LogP) is 2.63. The third-order valence-corrected chi connectivity index (χ3v) is 2.97. The second-order valence-corrected chi connectivity index (χ2v) is 4.46. The molecule has 3 aromatic rings. The van der Waals surface area contributed by atoms with E-state index in [1.807, 2.05) is 24.6 Å². The molecule has 0 aliphatic rings. The van der Waals surface area contributed by atoms with Crippen LogP contribution in [0.4, 0.5) is 0 Å². The van der Waals surface area contributed by atoms with Gasteiger partial charge in [-0.1, -0.05) is 5.16 Å². The lowest BCUT2D eigenvalue weighted by Gasteiger charge is -1.98. The van der Waals surface area contributed by atoms with Crippen molar-refractivity contribution in [1.29, 1.82) is 0 Å². The molecule has 0 spiro atoms. The Hall–Kier alpha value is -2.63. The van der Waals surface area contributed by atoms with Crippen molar-refractivity contribution in [1.82, 2.24) is 19.9 Å². The molecule has 1 aromatic carbocycles. The SMILES string of the molecule is CCn1nc(C)cc1-c1nc(-c2ccc(O)cc2)no1. The molecule has 0 aliphatic heterocycles. The summed E-state index contributed by atoms with van der Waals surface area (Å²) in [5.41, 5.74) is 2.51. The first-order chi connectivity index (χ1) is 9.67. The van der Waals surface area contributed by atoms with Gasteiger partial charge in [0.25, 0.3) is 5.89 Å². The zero-order chi connectivity index (χ0) is 14.1. The minimum absolute atomic E-state index is 0.206. The van der Waals surface area contributed by atoms with Gasteiger partial charge in [-0.3, -0.25) is 4.68 Å². The van der Waals surface area contributed by atoms with Crippen molar-refractivity contribution in [2.45, 2.75) is 20.4 Å². The smallest absolute Gasteiger partial charge is 0.276 e. The Kier molecular flexibility index (Phi) is 2.98. The number of phenolic OH excluding ortho intramolecular Hbond substituents is 1. The summed E-state index contributed by atoms with van der Waals surface area (Å²) < 4.78 is 7.13. The average molecular weight is 270 g/mol. The normalized spacial score (nSPS) is 10.9. The Labute approximate surface area is 115 Å². The molecule has 0 bridgehead atoms. The van der Waals surface area contributed by atoms with E-state index in [2.05, 4.69) is 15.2 Å². The van der Waals surface area contributed by atoms with Gasteiger partial charge in [-0.15, -0.1) is 0 Å². The summed E-state index contributed by atoms with van der Waals surface area (Å²) in [5, 5.41) is 17.6. The van der Waals surface area contributed by atoms with E-state index in [9.17, 15) is 5.11 Å². The van der Waals surface area contributed by atoms with Gasteiger partial charge in [0, 0.05) is 12.1 Å². The highest BCUT2D eigenvalue weighted by molar-refractivity contribution is 5.58. The van der Waals surface area contributed by atoms with Crippen LogP contribution >= 0.6 is 0 Å². The maximum absolute atomic E-state index is 9.28. The molecule has 0 atom stereocenters. The summed E-state index contributed by atoms with van der Waals surface area (Å²) in [6.07, 6.45) is 0. The third kappa shape index (κ3) is 2.16. The molecule has 20 heavy (non-hydrogen) atoms. The van der Waals surface area contributed by atoms with Crippen LogP contribution in [-0.4, -0.2) is 25.0 Å². The molecule has 6 heteroatoms. The van der Waals surface area contributed by atoms with Crippen LogP contribution in [0.15, 0.2) is 34.9 Å². The van der Waals surface area contributed by atoms with Gasteiger partial charge in [-0.05, 0) is 44.2 Å². The monoisotopic (exact) mass is 270 g/mol. The summed E-state index contributed by atoms with van der Waals surface area (Å²) in [5.74, 6) is 1.13. The average Bonchev–Trinajstić information content (AvgIpc) is 3.05. The fourth-order valence-corrected chi connectivity index (χ4v) is 2.01. The van der Waals surface area contributed by atoms with Crippen molar-refractivity contribution in [2.24, 2.45) is 0 Å². The highest BCUT2D eigenvalue weighted by Gasteiger charge is 2.15. The van der Waals surface area contributed by atoms with E-state index in [1.165, 1.54) is 0 Å². The van der Waals surface area contributed by atoms with Gasteiger partial charge in [-0.2, -0.15) is 10.1 Å². The number of hydrogen-bond donors (Lipinski definition) is 1. The first-order valence-electron chi connectivity index (χ1n) is 6.35. The van der Waals surface area contributed by atoms with Gasteiger partial charge in [0.1, 0.15) is 11.4 Å². The van der Waals surface area contributed by atoms with Crippen LogP contribution in [0.25, 0.3) is 23.0 Å². The van der Waals surface area contributed by atoms with Crippen molar-refractivity contribution in [2.75, 3.05) is 0 Å². The lowest BCUT2D eigenvalue weighted by atomic mass is 10.2. The van der Waals surface area contributed by atoms with E-state index in [0.29, 0.717) is 11.7 Å². The number of hydrogen-bond acceptors (Lipinski definition) is 5. The van der Waals surface area contributed by atoms with E-state index in [-0.39, 0.29) is 5.75 Å². The number of benzene rings is 1. The van der Waals surface area contributed by atoms with Gasteiger partial charge in [0.2, 0.25) is 5.82 Å². The molecule has 2 heterocycles. The molecular formula is C14H14N4O2.